The molecule has 0 atom stereocenters. The third kappa shape index (κ3) is 1.40. The summed E-state index contributed by atoms with van der Waals surface area (Å²) in [4.78, 5) is 0. The van der Waals surface area contributed by atoms with E-state index in [4.69, 9.17) is 11.5 Å². The smallest absolute Gasteiger partial charge is 0.194 e. The summed E-state index contributed by atoms with van der Waals surface area (Å²) >= 11 is 6.01. The highest BCUT2D eigenvalue weighted by Crippen LogP contribution is 2.23. The summed E-state index contributed by atoms with van der Waals surface area (Å²) in [5.74, 6) is 0. The summed E-state index contributed by atoms with van der Waals surface area (Å²) in [6.45, 7) is 0.561. The molecule has 0 amide bonds. The molecule has 0 saturated heterocycles. The summed E-state index contributed by atoms with van der Waals surface area (Å²) in [6, 6.07) is 19.1. The van der Waals surface area contributed by atoms with Gasteiger partial charge in [-0.05, 0) is 21.5 Å². The SMILES string of the molecule is ClBc1cc2ccccc2c2ccccc12. The first-order valence-corrected chi connectivity index (χ1v) is 5.89. The molecule has 76 valence electrons. The highest BCUT2D eigenvalue weighted by atomic mass is 35.5. The molecule has 0 saturated carbocycles. The molecule has 0 nitrogen and oxygen atoms in total. The second kappa shape index (κ2) is 3.84. The van der Waals surface area contributed by atoms with Crippen LogP contribution in [0.3, 0.4) is 0 Å². The van der Waals surface area contributed by atoms with Crippen LogP contribution in [-0.4, -0.2) is 6.69 Å². The van der Waals surface area contributed by atoms with E-state index in [0.717, 1.165) is 0 Å². The van der Waals surface area contributed by atoms with Crippen molar-refractivity contribution in [1.82, 2.24) is 0 Å². The van der Waals surface area contributed by atoms with Gasteiger partial charge >= 0.3 is 0 Å². The van der Waals surface area contributed by atoms with E-state index >= 15 is 0 Å². The standard InChI is InChI=1S/C14H10BCl/c16-15-14-9-10-5-1-2-6-11(10)12-7-3-4-8-13(12)14/h1-9,15H. The van der Waals surface area contributed by atoms with Crippen LogP contribution in [0.2, 0.25) is 0 Å². The second-order valence-corrected chi connectivity index (χ2v) is 4.20. The van der Waals surface area contributed by atoms with Crippen LogP contribution in [0.5, 0.6) is 0 Å². The fourth-order valence-corrected chi connectivity index (χ4v) is 2.46. The van der Waals surface area contributed by atoms with Crippen molar-refractivity contribution in [2.45, 2.75) is 0 Å². The monoisotopic (exact) mass is 224 g/mol. The first-order valence-electron chi connectivity index (χ1n) is 5.35. The second-order valence-electron chi connectivity index (χ2n) is 3.94. The van der Waals surface area contributed by atoms with Crippen molar-refractivity contribution in [3.63, 3.8) is 0 Å². The molecule has 0 unspecified atom stereocenters. The van der Waals surface area contributed by atoms with Gasteiger partial charge < -0.3 is 0 Å². The molecule has 0 N–H and O–H groups in total. The number of fused-ring (bicyclic) bond motifs is 3. The van der Waals surface area contributed by atoms with E-state index in [9.17, 15) is 0 Å². The lowest BCUT2D eigenvalue weighted by Gasteiger charge is -2.07. The Morgan fingerprint density at radius 2 is 1.38 bits per heavy atom. The molecular weight excluding hydrogens is 214 g/mol. The Kier molecular flexibility index (Phi) is 2.34. The van der Waals surface area contributed by atoms with Gasteiger partial charge in [0.15, 0.2) is 0 Å². The van der Waals surface area contributed by atoms with E-state index in [1.54, 1.807) is 0 Å². The van der Waals surface area contributed by atoms with E-state index in [1.165, 1.54) is 27.0 Å². The molecule has 3 aromatic carbocycles. The largest absolute Gasteiger partial charge is 0.266 e. The quantitative estimate of drug-likeness (QED) is 0.440. The predicted octanol–water partition coefficient (Wildman–Crippen LogP) is 3.21. The van der Waals surface area contributed by atoms with Gasteiger partial charge in [0.05, 0.1) is 0 Å². The first-order chi connectivity index (χ1) is 7.90. The zero-order valence-electron chi connectivity index (χ0n) is 8.78. The number of benzene rings is 3. The lowest BCUT2D eigenvalue weighted by Crippen LogP contribution is -2.09. The topological polar surface area (TPSA) is 0 Å². The zero-order valence-corrected chi connectivity index (χ0v) is 9.54. The number of halogens is 1. The molecule has 0 bridgehead atoms. The number of hydrogen-bond acceptors (Lipinski definition) is 0. The maximum Gasteiger partial charge on any atom is 0.266 e. The van der Waals surface area contributed by atoms with E-state index in [1.807, 2.05) is 0 Å². The normalized spacial score (nSPS) is 10.8. The van der Waals surface area contributed by atoms with Gasteiger partial charge in [0, 0.05) is 0 Å². The first kappa shape index (κ1) is 9.74. The van der Waals surface area contributed by atoms with Crippen LogP contribution in [-0.2, 0) is 0 Å². The van der Waals surface area contributed by atoms with Crippen molar-refractivity contribution in [2.24, 2.45) is 0 Å². The summed E-state index contributed by atoms with van der Waals surface area (Å²) in [5, 5.41) is 5.11. The van der Waals surface area contributed by atoms with E-state index in [0.29, 0.717) is 6.69 Å². The molecule has 0 spiro atoms. The van der Waals surface area contributed by atoms with Gasteiger partial charge in [-0.25, -0.2) is 0 Å². The molecule has 0 aliphatic carbocycles. The minimum Gasteiger partial charge on any atom is -0.194 e. The average Bonchev–Trinajstić information content (AvgIpc) is 2.38. The van der Waals surface area contributed by atoms with Crippen molar-refractivity contribution in [1.29, 1.82) is 0 Å². The predicted molar refractivity (Wildman–Crippen MR) is 74.1 cm³/mol. The van der Waals surface area contributed by atoms with Crippen molar-refractivity contribution in [3.8, 4) is 0 Å². The molecule has 0 aliphatic rings. The van der Waals surface area contributed by atoms with Crippen molar-refractivity contribution < 1.29 is 0 Å². The maximum atomic E-state index is 6.01. The summed E-state index contributed by atoms with van der Waals surface area (Å²) in [6.07, 6.45) is 0. The molecule has 0 aliphatic heterocycles. The van der Waals surface area contributed by atoms with Gasteiger partial charge in [-0.3, -0.25) is 0 Å². The average molecular weight is 224 g/mol. The van der Waals surface area contributed by atoms with Gasteiger partial charge in [-0.15, -0.1) is 0 Å². The summed E-state index contributed by atoms with van der Waals surface area (Å²) < 4.78 is 0. The highest BCUT2D eigenvalue weighted by Gasteiger charge is 2.05. The molecule has 3 aromatic rings. The Labute approximate surface area is 100 Å². The van der Waals surface area contributed by atoms with Crippen LogP contribution in [0, 0.1) is 0 Å². The molecule has 3 rings (SSSR count). The van der Waals surface area contributed by atoms with E-state index in [2.05, 4.69) is 54.6 Å². The Bertz CT molecular complexity index is 661. The summed E-state index contributed by atoms with van der Waals surface area (Å²) in [5.41, 5.74) is 1.20. The Balaban J connectivity index is 2.57. The van der Waals surface area contributed by atoms with Crippen LogP contribution in [0.1, 0.15) is 0 Å². The molecule has 0 radical (unpaired) electrons. The number of rotatable bonds is 1. The minimum absolute atomic E-state index is 0.561. The van der Waals surface area contributed by atoms with Crippen LogP contribution >= 0.6 is 11.5 Å². The fourth-order valence-electron chi connectivity index (χ4n) is 2.24. The Morgan fingerprint density at radius 3 is 2.12 bits per heavy atom. The van der Waals surface area contributed by atoms with Gasteiger partial charge in [-0.2, -0.15) is 11.5 Å². The van der Waals surface area contributed by atoms with E-state index < -0.39 is 0 Å². The van der Waals surface area contributed by atoms with Crippen LogP contribution in [0.25, 0.3) is 21.5 Å². The molecule has 16 heavy (non-hydrogen) atoms. The van der Waals surface area contributed by atoms with Crippen LogP contribution in [0.4, 0.5) is 0 Å². The van der Waals surface area contributed by atoms with Crippen molar-refractivity contribution >= 4 is 45.2 Å². The van der Waals surface area contributed by atoms with Crippen LogP contribution in [0.15, 0.2) is 54.6 Å². The Hall–Kier alpha value is -1.47. The van der Waals surface area contributed by atoms with Gasteiger partial charge in [0.2, 0.25) is 0 Å². The van der Waals surface area contributed by atoms with Crippen molar-refractivity contribution in [3.05, 3.63) is 54.6 Å². The van der Waals surface area contributed by atoms with Gasteiger partial charge in [-0.1, -0.05) is 60.1 Å². The van der Waals surface area contributed by atoms with Crippen molar-refractivity contribution in [2.75, 3.05) is 0 Å². The third-order valence-electron chi connectivity index (χ3n) is 3.00. The summed E-state index contributed by atoms with van der Waals surface area (Å²) in [7, 11) is 0. The highest BCUT2D eigenvalue weighted by molar-refractivity contribution is 7.02. The lowest BCUT2D eigenvalue weighted by atomic mass is 9.86. The van der Waals surface area contributed by atoms with Gasteiger partial charge in [0.1, 0.15) is 0 Å². The molecule has 2 heteroatoms. The zero-order chi connectivity index (χ0) is 11.0. The minimum atomic E-state index is 0.561. The van der Waals surface area contributed by atoms with Gasteiger partial charge in [0.25, 0.3) is 6.69 Å². The third-order valence-corrected chi connectivity index (χ3v) is 3.29. The van der Waals surface area contributed by atoms with E-state index in [-0.39, 0.29) is 0 Å². The number of hydrogen-bond donors (Lipinski definition) is 0. The molecular formula is C14H10BCl. The fraction of sp³-hybridized carbons (Fsp3) is 0. The Morgan fingerprint density at radius 1 is 0.750 bits per heavy atom. The maximum absolute atomic E-state index is 6.01. The lowest BCUT2D eigenvalue weighted by molar-refractivity contribution is 1.78. The molecule has 0 fully saturated rings. The molecule has 0 aromatic heterocycles. The molecule has 0 heterocycles. The van der Waals surface area contributed by atoms with Crippen LogP contribution < -0.4 is 5.46 Å².